The molecule has 0 atom stereocenters. The molecule has 1 rings (SSSR count). The quantitative estimate of drug-likeness (QED) is 0.586. The zero-order valence-electron chi connectivity index (χ0n) is 9.73. The van der Waals surface area contributed by atoms with E-state index in [0.717, 1.165) is 4.68 Å². The van der Waals surface area contributed by atoms with Crippen LogP contribution in [0.4, 0.5) is 0 Å². The Morgan fingerprint density at radius 1 is 1.50 bits per heavy atom. The molecule has 2 N–H and O–H groups in total. The molecule has 1 aromatic heterocycles. The number of nitrogens with two attached hydrogens (primary N) is 1. The number of aromatic nitrogens is 3. The van der Waals surface area contributed by atoms with Gasteiger partial charge >= 0.3 is 6.01 Å². The molecular formula is C10H16N4O2. The van der Waals surface area contributed by atoms with E-state index in [9.17, 15) is 4.79 Å². The van der Waals surface area contributed by atoms with E-state index in [1.165, 1.54) is 6.08 Å². The fourth-order valence-corrected chi connectivity index (χ4v) is 1.09. The lowest BCUT2D eigenvalue weighted by Gasteiger charge is -2.17. The number of hydrogen-bond donors (Lipinski definition) is 1. The van der Waals surface area contributed by atoms with Crippen LogP contribution in [0, 0.1) is 0 Å². The number of nitrogens with zero attached hydrogens (tertiary/aromatic N) is 3. The topological polar surface area (TPSA) is 83.0 Å². The van der Waals surface area contributed by atoms with Crippen molar-refractivity contribution >= 4 is 0 Å². The molecule has 0 unspecified atom stereocenters. The fraction of sp³-hybridized carbons (Fsp3) is 0.500. The van der Waals surface area contributed by atoms with E-state index in [1.807, 2.05) is 20.8 Å². The van der Waals surface area contributed by atoms with Gasteiger partial charge < -0.3 is 10.6 Å². The Labute approximate surface area is 93.7 Å². The van der Waals surface area contributed by atoms with Crippen molar-refractivity contribution < 1.29 is 4.74 Å². The molecule has 0 aliphatic carbocycles. The van der Waals surface area contributed by atoms with Crippen LogP contribution in [-0.4, -0.2) is 21.5 Å². The van der Waals surface area contributed by atoms with E-state index in [1.54, 1.807) is 0 Å². The van der Waals surface area contributed by atoms with Gasteiger partial charge in [-0.3, -0.25) is 4.79 Å². The molecule has 0 fully saturated rings. The minimum atomic E-state index is -0.401. The summed E-state index contributed by atoms with van der Waals surface area (Å²) in [5.74, 6) is 5.56. The molecule has 1 heterocycles. The largest absolute Gasteiger partial charge is 0.458 e. The summed E-state index contributed by atoms with van der Waals surface area (Å²) in [5, 5.41) is 7.60. The smallest absolute Gasteiger partial charge is 0.338 e. The SMILES string of the molecule is C=CCOc1nnc(C(C)(C)C)c(=O)n1N. The molecule has 0 bridgehead atoms. The third-order valence-electron chi connectivity index (χ3n) is 1.90. The van der Waals surface area contributed by atoms with E-state index in [4.69, 9.17) is 10.6 Å². The van der Waals surface area contributed by atoms with Crippen molar-refractivity contribution in [3.05, 3.63) is 28.7 Å². The Hall–Kier alpha value is -1.85. The van der Waals surface area contributed by atoms with Gasteiger partial charge in [-0.15, -0.1) is 5.10 Å². The number of hydrogen-bond acceptors (Lipinski definition) is 5. The van der Waals surface area contributed by atoms with Crippen LogP contribution in [-0.2, 0) is 5.41 Å². The summed E-state index contributed by atoms with van der Waals surface area (Å²) in [7, 11) is 0. The van der Waals surface area contributed by atoms with Gasteiger partial charge in [0.25, 0.3) is 5.56 Å². The van der Waals surface area contributed by atoms with Gasteiger partial charge in [0, 0.05) is 5.41 Å². The molecular weight excluding hydrogens is 208 g/mol. The fourth-order valence-electron chi connectivity index (χ4n) is 1.09. The van der Waals surface area contributed by atoms with Crippen molar-refractivity contribution in [3.8, 4) is 6.01 Å². The van der Waals surface area contributed by atoms with E-state index < -0.39 is 11.0 Å². The molecule has 0 spiro atoms. The highest BCUT2D eigenvalue weighted by Crippen LogP contribution is 2.15. The molecule has 0 radical (unpaired) electrons. The minimum absolute atomic E-state index is 0.0158. The summed E-state index contributed by atoms with van der Waals surface area (Å²) in [4.78, 5) is 11.8. The second kappa shape index (κ2) is 4.34. The van der Waals surface area contributed by atoms with Crippen LogP contribution in [0.2, 0.25) is 0 Å². The average Bonchev–Trinajstić information content (AvgIpc) is 2.18. The van der Waals surface area contributed by atoms with Gasteiger partial charge in [0.05, 0.1) is 0 Å². The molecule has 6 nitrogen and oxygen atoms in total. The third-order valence-corrected chi connectivity index (χ3v) is 1.90. The number of ether oxygens (including phenoxy) is 1. The predicted molar refractivity (Wildman–Crippen MR) is 60.8 cm³/mol. The normalized spacial score (nSPS) is 11.2. The van der Waals surface area contributed by atoms with E-state index in [0.29, 0.717) is 5.69 Å². The molecule has 16 heavy (non-hydrogen) atoms. The molecule has 0 saturated heterocycles. The first-order valence-corrected chi connectivity index (χ1v) is 4.87. The Bertz CT molecular complexity index is 445. The van der Waals surface area contributed by atoms with E-state index in [2.05, 4.69) is 16.8 Å². The van der Waals surface area contributed by atoms with Gasteiger partial charge in [-0.2, -0.15) is 4.68 Å². The zero-order chi connectivity index (χ0) is 12.3. The Morgan fingerprint density at radius 2 is 2.12 bits per heavy atom. The van der Waals surface area contributed by atoms with Crippen molar-refractivity contribution in [1.29, 1.82) is 0 Å². The first-order valence-electron chi connectivity index (χ1n) is 4.87. The maximum absolute atomic E-state index is 11.8. The molecule has 0 aliphatic heterocycles. The minimum Gasteiger partial charge on any atom is -0.458 e. The van der Waals surface area contributed by atoms with Crippen molar-refractivity contribution in [2.75, 3.05) is 12.4 Å². The first kappa shape index (κ1) is 12.2. The van der Waals surface area contributed by atoms with Crippen LogP contribution in [0.3, 0.4) is 0 Å². The summed E-state index contributed by atoms with van der Waals surface area (Å²) >= 11 is 0. The van der Waals surface area contributed by atoms with Crippen LogP contribution in [0.15, 0.2) is 17.4 Å². The summed E-state index contributed by atoms with van der Waals surface area (Å²) in [6.07, 6.45) is 1.53. The van der Waals surface area contributed by atoms with Gasteiger partial charge in [0.15, 0.2) is 0 Å². The highest BCUT2D eigenvalue weighted by Gasteiger charge is 2.22. The lowest BCUT2D eigenvalue weighted by atomic mass is 9.93. The monoisotopic (exact) mass is 224 g/mol. The summed E-state index contributed by atoms with van der Waals surface area (Å²) < 4.78 is 5.94. The van der Waals surface area contributed by atoms with Gasteiger partial charge in [-0.1, -0.05) is 38.5 Å². The van der Waals surface area contributed by atoms with Crippen LogP contribution in [0.25, 0.3) is 0 Å². The Kier molecular flexibility index (Phi) is 3.31. The lowest BCUT2D eigenvalue weighted by Crippen LogP contribution is -2.37. The van der Waals surface area contributed by atoms with Crippen LogP contribution < -0.4 is 16.1 Å². The van der Waals surface area contributed by atoms with Crippen LogP contribution >= 0.6 is 0 Å². The molecule has 0 saturated carbocycles. The lowest BCUT2D eigenvalue weighted by molar-refractivity contribution is 0.308. The summed E-state index contributed by atoms with van der Waals surface area (Å²) in [5.41, 5.74) is -0.496. The van der Waals surface area contributed by atoms with Crippen molar-refractivity contribution in [2.24, 2.45) is 0 Å². The molecule has 6 heteroatoms. The zero-order valence-corrected chi connectivity index (χ0v) is 9.73. The number of nitrogen functional groups attached to an aromatic ring is 1. The Morgan fingerprint density at radius 3 is 2.62 bits per heavy atom. The van der Waals surface area contributed by atoms with Crippen LogP contribution in [0.5, 0.6) is 6.01 Å². The van der Waals surface area contributed by atoms with Crippen LogP contribution in [0.1, 0.15) is 26.5 Å². The van der Waals surface area contributed by atoms with Gasteiger partial charge in [0.2, 0.25) is 0 Å². The van der Waals surface area contributed by atoms with Crippen molar-refractivity contribution in [2.45, 2.75) is 26.2 Å². The third kappa shape index (κ3) is 2.39. The summed E-state index contributed by atoms with van der Waals surface area (Å²) in [6, 6.07) is -0.0158. The molecule has 0 aliphatic rings. The second-order valence-corrected chi connectivity index (χ2v) is 4.36. The maximum Gasteiger partial charge on any atom is 0.338 e. The van der Waals surface area contributed by atoms with Gasteiger partial charge in [-0.05, 0) is 0 Å². The van der Waals surface area contributed by atoms with E-state index in [-0.39, 0.29) is 12.6 Å². The highest BCUT2D eigenvalue weighted by molar-refractivity contribution is 5.10. The highest BCUT2D eigenvalue weighted by atomic mass is 16.5. The predicted octanol–water partition coefficient (Wildman–Crippen LogP) is 0.214. The van der Waals surface area contributed by atoms with Gasteiger partial charge in [-0.25, -0.2) is 0 Å². The van der Waals surface area contributed by atoms with E-state index >= 15 is 0 Å². The standard InChI is InChI=1S/C10H16N4O2/c1-5-6-16-9-13-12-7(10(2,3)4)8(15)14(9)11/h5H,1,6,11H2,2-4H3. The van der Waals surface area contributed by atoms with Gasteiger partial charge in [0.1, 0.15) is 12.3 Å². The number of rotatable bonds is 3. The average molecular weight is 224 g/mol. The first-order chi connectivity index (χ1) is 7.38. The Balaban J connectivity index is 3.19. The van der Waals surface area contributed by atoms with Crippen molar-refractivity contribution in [3.63, 3.8) is 0 Å². The summed E-state index contributed by atoms with van der Waals surface area (Å²) in [6.45, 7) is 9.30. The molecule has 0 amide bonds. The molecule has 0 aromatic carbocycles. The molecule has 1 aromatic rings. The molecule has 88 valence electrons. The van der Waals surface area contributed by atoms with Crippen molar-refractivity contribution in [1.82, 2.24) is 14.9 Å². The maximum atomic E-state index is 11.8. The second-order valence-electron chi connectivity index (χ2n) is 4.36.